The van der Waals surface area contributed by atoms with Gasteiger partial charge >= 0.3 is 0 Å². The van der Waals surface area contributed by atoms with Crippen LogP contribution in [0.5, 0.6) is 5.88 Å². The van der Waals surface area contributed by atoms with E-state index in [9.17, 15) is 0 Å². The zero-order valence-electron chi connectivity index (χ0n) is 3.47. The second-order valence-electron chi connectivity index (χ2n) is 1.09. The van der Waals surface area contributed by atoms with Crippen LogP contribution in [0.2, 0.25) is 0 Å². The number of H-pyrrole nitrogens is 1. The van der Waals surface area contributed by atoms with Gasteiger partial charge in [-0.25, -0.2) is 0 Å². The molecule has 0 spiro atoms. The van der Waals surface area contributed by atoms with E-state index in [0.717, 1.165) is 0 Å². The molecule has 1 aromatic rings. The minimum atomic E-state index is -0.197. The second-order valence-corrected chi connectivity index (χ2v) is 1.09. The highest BCUT2D eigenvalue weighted by atomic mass is 16.3. The lowest BCUT2D eigenvalue weighted by molar-refractivity contribution is 0.451. The molecule has 37 valence electrons. The highest BCUT2D eigenvalue weighted by Crippen LogP contribution is 2.02. The molecule has 0 bridgehead atoms. The zero-order valence-corrected chi connectivity index (χ0v) is 3.47. The predicted octanol–water partition coefficient (Wildman–Crippen LogP) is -0.502. The van der Waals surface area contributed by atoms with Gasteiger partial charge in [0.25, 0.3) is 0 Å². The number of nitrogens with zero attached hydrogens (tertiary/aromatic N) is 1. The summed E-state index contributed by atoms with van der Waals surface area (Å²) in [7, 11) is 0. The fraction of sp³-hybridized carbons (Fsp3) is 0. The van der Waals surface area contributed by atoms with Crippen molar-refractivity contribution in [3.8, 4) is 5.88 Å². The van der Waals surface area contributed by atoms with E-state index >= 15 is 0 Å². The van der Waals surface area contributed by atoms with E-state index in [4.69, 9.17) is 10.8 Å². The summed E-state index contributed by atoms with van der Waals surface area (Å²) in [5, 5.41) is 13.9. The molecule has 0 aliphatic carbocycles. The number of rotatable bonds is 0. The van der Waals surface area contributed by atoms with Gasteiger partial charge in [-0.05, 0) is 0 Å². The summed E-state index contributed by atoms with van der Waals surface area (Å²) in [6.45, 7) is 0. The molecule has 0 aliphatic rings. The number of hydrogen-bond acceptors (Lipinski definition) is 3. The van der Waals surface area contributed by atoms with E-state index in [1.807, 2.05) is 0 Å². The molecule has 7 heavy (non-hydrogen) atoms. The van der Waals surface area contributed by atoms with Crippen molar-refractivity contribution in [1.29, 1.82) is 0 Å². The largest absolute Gasteiger partial charge is 0.492 e. The number of nitrogens with two attached hydrogens (primary N) is 1. The van der Waals surface area contributed by atoms with E-state index in [1.165, 1.54) is 0 Å². The number of aromatic hydroxyl groups is 1. The summed E-state index contributed by atoms with van der Waals surface area (Å²) in [4.78, 5) is 0. The molecule has 0 aliphatic heterocycles. The number of aromatic amines is 1. The molecular formula is C3H4N3O. The molecule has 0 amide bonds. The zero-order chi connectivity index (χ0) is 5.28. The summed E-state index contributed by atoms with van der Waals surface area (Å²) < 4.78 is 0. The van der Waals surface area contributed by atoms with Crippen LogP contribution >= 0.6 is 0 Å². The van der Waals surface area contributed by atoms with Crippen LogP contribution in [0.3, 0.4) is 0 Å². The number of nitrogen functional groups attached to an aromatic ring is 1. The average Bonchev–Trinajstić information content (AvgIpc) is 1.87. The predicted molar refractivity (Wildman–Crippen MR) is 23.5 cm³/mol. The first-order valence-corrected chi connectivity index (χ1v) is 1.71. The van der Waals surface area contributed by atoms with Crippen LogP contribution in [-0.2, 0) is 0 Å². The number of nitrogens with one attached hydrogen (secondary N) is 1. The molecule has 0 fully saturated rings. The van der Waals surface area contributed by atoms with Crippen molar-refractivity contribution in [3.05, 3.63) is 6.07 Å². The van der Waals surface area contributed by atoms with Crippen LogP contribution in [0.4, 0.5) is 5.82 Å². The normalized spacial score (nSPS) is 9.14. The molecule has 0 saturated heterocycles. The summed E-state index contributed by atoms with van der Waals surface area (Å²) in [6, 6.07) is 2.31. The smallest absolute Gasteiger partial charge is 0.240 e. The Kier molecular flexibility index (Phi) is 0.651. The van der Waals surface area contributed by atoms with Gasteiger partial charge in [-0.3, -0.25) is 5.10 Å². The minimum absolute atomic E-state index is 0.197. The van der Waals surface area contributed by atoms with Crippen LogP contribution in [0.25, 0.3) is 0 Å². The van der Waals surface area contributed by atoms with Gasteiger partial charge in [-0.1, -0.05) is 0 Å². The van der Waals surface area contributed by atoms with Gasteiger partial charge in [0.2, 0.25) is 5.88 Å². The van der Waals surface area contributed by atoms with Crippen LogP contribution in [0.15, 0.2) is 0 Å². The van der Waals surface area contributed by atoms with Crippen LogP contribution in [0, 0.1) is 6.07 Å². The van der Waals surface area contributed by atoms with Gasteiger partial charge in [0.15, 0.2) is 0 Å². The van der Waals surface area contributed by atoms with E-state index in [0.29, 0.717) is 0 Å². The van der Waals surface area contributed by atoms with Gasteiger partial charge in [-0.2, -0.15) is 0 Å². The molecule has 4 N–H and O–H groups in total. The third kappa shape index (κ3) is 0.623. The average molecular weight is 98.1 g/mol. The third-order valence-corrected chi connectivity index (χ3v) is 0.529. The molecule has 1 radical (unpaired) electrons. The summed E-state index contributed by atoms with van der Waals surface area (Å²) in [6.07, 6.45) is 0. The van der Waals surface area contributed by atoms with E-state index in [-0.39, 0.29) is 11.7 Å². The lowest BCUT2D eigenvalue weighted by Gasteiger charge is -1.68. The molecule has 1 aromatic heterocycles. The van der Waals surface area contributed by atoms with Gasteiger partial charge in [0, 0.05) is 0 Å². The first-order valence-electron chi connectivity index (χ1n) is 1.71. The molecule has 0 saturated carbocycles. The molecule has 0 aromatic carbocycles. The topological polar surface area (TPSA) is 74.9 Å². The Morgan fingerprint density at radius 2 is 2.57 bits per heavy atom. The number of aromatic nitrogens is 2. The van der Waals surface area contributed by atoms with Crippen LogP contribution in [0.1, 0.15) is 0 Å². The maximum absolute atomic E-state index is 8.38. The highest BCUT2D eigenvalue weighted by Gasteiger charge is 1.89. The Morgan fingerprint density at radius 1 is 1.86 bits per heavy atom. The molecule has 0 unspecified atom stereocenters. The summed E-state index contributed by atoms with van der Waals surface area (Å²) in [5.41, 5.74) is 5.04. The van der Waals surface area contributed by atoms with Crippen molar-refractivity contribution in [2.75, 3.05) is 5.73 Å². The number of hydrogen-bond donors (Lipinski definition) is 3. The van der Waals surface area contributed by atoms with Crippen molar-refractivity contribution >= 4 is 5.82 Å². The molecule has 1 heterocycles. The number of anilines is 1. The van der Waals surface area contributed by atoms with Gasteiger partial charge in [0.1, 0.15) is 5.82 Å². The highest BCUT2D eigenvalue weighted by molar-refractivity contribution is 5.28. The maximum Gasteiger partial charge on any atom is 0.240 e. The van der Waals surface area contributed by atoms with Gasteiger partial charge in [-0.15, -0.1) is 5.10 Å². The standard InChI is InChI=1S/C3H4N3O/c4-2-1-3(7)6-5-2/h(H4,4,5,6,7). The Morgan fingerprint density at radius 3 is 2.71 bits per heavy atom. The van der Waals surface area contributed by atoms with Crippen molar-refractivity contribution in [2.24, 2.45) is 0 Å². The van der Waals surface area contributed by atoms with E-state index in [2.05, 4.69) is 16.3 Å². The second kappa shape index (κ2) is 1.14. The van der Waals surface area contributed by atoms with Crippen LogP contribution < -0.4 is 5.73 Å². The molecule has 1 rings (SSSR count). The van der Waals surface area contributed by atoms with Gasteiger partial charge in [0.05, 0.1) is 6.07 Å². The first-order chi connectivity index (χ1) is 3.29. The van der Waals surface area contributed by atoms with Crippen LogP contribution in [-0.4, -0.2) is 15.3 Å². The SMILES string of the molecule is Nc1[c]c(O)n[nH]1. The Labute approximate surface area is 40.0 Å². The quantitative estimate of drug-likeness (QED) is 0.409. The lowest BCUT2D eigenvalue weighted by Crippen LogP contribution is -1.81. The third-order valence-electron chi connectivity index (χ3n) is 0.529. The maximum atomic E-state index is 8.38. The van der Waals surface area contributed by atoms with Gasteiger partial charge < -0.3 is 10.8 Å². The van der Waals surface area contributed by atoms with E-state index in [1.54, 1.807) is 0 Å². The molecular weight excluding hydrogens is 94.1 g/mol. The van der Waals surface area contributed by atoms with Crippen molar-refractivity contribution in [2.45, 2.75) is 0 Å². The van der Waals surface area contributed by atoms with E-state index < -0.39 is 0 Å². The Bertz CT molecular complexity index is 142. The van der Waals surface area contributed by atoms with Crippen molar-refractivity contribution in [3.63, 3.8) is 0 Å². The minimum Gasteiger partial charge on any atom is -0.492 e. The summed E-state index contributed by atoms with van der Waals surface area (Å²) in [5.74, 6) is 0.0509. The Balaban J connectivity index is 3.04. The van der Waals surface area contributed by atoms with Crippen molar-refractivity contribution < 1.29 is 5.11 Å². The Hall–Kier alpha value is -1.19. The molecule has 0 atom stereocenters. The fourth-order valence-electron chi connectivity index (χ4n) is 0.290. The summed E-state index contributed by atoms with van der Waals surface area (Å²) >= 11 is 0. The van der Waals surface area contributed by atoms with Crippen molar-refractivity contribution in [1.82, 2.24) is 10.2 Å². The lowest BCUT2D eigenvalue weighted by atomic mass is 10.6. The molecule has 4 nitrogen and oxygen atoms in total. The first kappa shape index (κ1) is 3.98. The molecule has 4 heteroatoms. The monoisotopic (exact) mass is 98.0 g/mol. The fourth-order valence-corrected chi connectivity index (χ4v) is 0.290.